The minimum atomic E-state index is -5.20. The molecule has 64 heavy (non-hydrogen) atoms. The Morgan fingerprint density at radius 3 is 0.969 bits per heavy atom. The van der Waals surface area contributed by atoms with Crippen LogP contribution in [0.2, 0.25) is 0 Å². The molecule has 0 aliphatic rings. The topological polar surface area (TPSA) is 33.6 Å². The molecule has 8 aromatic rings. The molecular weight excluding hydrogens is 817 g/mol. The first-order valence-corrected chi connectivity index (χ1v) is 21.5. The summed E-state index contributed by atoms with van der Waals surface area (Å²) in [6, 6.07) is 31.6. The highest BCUT2D eigenvalue weighted by molar-refractivity contribution is 6.13. The van der Waals surface area contributed by atoms with Gasteiger partial charge in [0.05, 0.1) is 56.2 Å². The SMILES string of the molecule is CC(C)(C)c1ccc2c(c1)c1cc(C(C)(C)C)ccc1n2-c1cc(C#N)cc(-n2c3ccc(C(C)(C)C)cc3c3cc(C(C)(C)C)ccc32)c1-c1ccc(C(F)(F)F)cc1C(F)(F)F. The van der Waals surface area contributed by atoms with Crippen LogP contribution in [0.15, 0.2) is 103 Å². The van der Waals surface area contributed by atoms with Gasteiger partial charge < -0.3 is 9.13 Å². The van der Waals surface area contributed by atoms with Gasteiger partial charge in [0.25, 0.3) is 0 Å². The molecule has 0 N–H and O–H groups in total. The maximum absolute atomic E-state index is 15.6. The zero-order chi connectivity index (χ0) is 46.9. The van der Waals surface area contributed by atoms with Gasteiger partial charge in [0.1, 0.15) is 0 Å². The van der Waals surface area contributed by atoms with E-state index < -0.39 is 29.0 Å². The fraction of sp³-hybridized carbons (Fsp3) is 0.327. The molecule has 0 unspecified atom stereocenters. The Morgan fingerprint density at radius 2 is 0.703 bits per heavy atom. The lowest BCUT2D eigenvalue weighted by Crippen LogP contribution is -2.14. The van der Waals surface area contributed by atoms with Gasteiger partial charge >= 0.3 is 12.4 Å². The minimum Gasteiger partial charge on any atom is -0.308 e. The fourth-order valence-corrected chi connectivity index (χ4v) is 8.91. The summed E-state index contributed by atoms with van der Waals surface area (Å²) in [7, 11) is 0. The van der Waals surface area contributed by atoms with Gasteiger partial charge in [0.15, 0.2) is 0 Å². The number of rotatable bonds is 3. The van der Waals surface area contributed by atoms with Crippen LogP contribution in [0.5, 0.6) is 0 Å². The third-order valence-electron chi connectivity index (χ3n) is 12.6. The fourth-order valence-electron chi connectivity index (χ4n) is 8.91. The Balaban J connectivity index is 1.63. The van der Waals surface area contributed by atoms with E-state index in [0.717, 1.165) is 49.9 Å². The van der Waals surface area contributed by atoms with Crippen molar-refractivity contribution in [3.63, 3.8) is 0 Å². The van der Waals surface area contributed by atoms with E-state index in [4.69, 9.17) is 0 Å². The molecule has 3 nitrogen and oxygen atoms in total. The number of aromatic nitrogens is 2. The summed E-state index contributed by atoms with van der Waals surface area (Å²) in [5.74, 6) is 0. The van der Waals surface area contributed by atoms with Crippen molar-refractivity contribution in [2.75, 3.05) is 0 Å². The Kier molecular flexibility index (Phi) is 10.1. The van der Waals surface area contributed by atoms with Crippen molar-refractivity contribution in [2.24, 2.45) is 0 Å². The van der Waals surface area contributed by atoms with Gasteiger partial charge in [-0.25, -0.2) is 0 Å². The molecule has 0 aliphatic carbocycles. The molecule has 0 bridgehead atoms. The highest BCUT2D eigenvalue weighted by Crippen LogP contribution is 2.49. The van der Waals surface area contributed by atoms with Gasteiger partial charge in [-0.3, -0.25) is 0 Å². The van der Waals surface area contributed by atoms with Crippen molar-refractivity contribution in [2.45, 2.75) is 117 Å². The number of nitrogens with zero attached hydrogens (tertiary/aromatic N) is 3. The lowest BCUT2D eigenvalue weighted by molar-refractivity contribution is -0.142. The van der Waals surface area contributed by atoms with Crippen LogP contribution in [0.25, 0.3) is 66.1 Å². The van der Waals surface area contributed by atoms with Crippen LogP contribution in [0.1, 0.15) is 122 Å². The summed E-state index contributed by atoms with van der Waals surface area (Å²) in [4.78, 5) is 0. The summed E-state index contributed by atoms with van der Waals surface area (Å²) in [6.07, 6.45) is -10.2. The molecular formula is C55H53F6N3. The first kappa shape index (κ1) is 44.6. The predicted molar refractivity (Wildman–Crippen MR) is 250 cm³/mol. The molecule has 0 radical (unpaired) electrons. The molecule has 0 amide bonds. The molecule has 0 fully saturated rings. The summed E-state index contributed by atoms with van der Waals surface area (Å²) >= 11 is 0. The van der Waals surface area contributed by atoms with E-state index >= 15 is 13.2 Å². The van der Waals surface area contributed by atoms with E-state index in [1.54, 1.807) is 12.1 Å². The van der Waals surface area contributed by atoms with Gasteiger partial charge in [0, 0.05) is 27.1 Å². The van der Waals surface area contributed by atoms with Crippen LogP contribution in [0, 0.1) is 11.3 Å². The Morgan fingerprint density at radius 1 is 0.391 bits per heavy atom. The normalized spacial score (nSPS) is 13.5. The van der Waals surface area contributed by atoms with Gasteiger partial charge in [-0.1, -0.05) is 113 Å². The zero-order valence-electron chi connectivity index (χ0n) is 38.4. The molecule has 6 aromatic carbocycles. The second kappa shape index (κ2) is 14.5. The molecule has 0 saturated carbocycles. The third kappa shape index (κ3) is 7.63. The maximum Gasteiger partial charge on any atom is 0.417 e. The molecule has 0 aliphatic heterocycles. The number of benzene rings is 6. The van der Waals surface area contributed by atoms with Gasteiger partial charge in [-0.05, 0) is 122 Å². The van der Waals surface area contributed by atoms with Gasteiger partial charge in [-0.2, -0.15) is 31.6 Å². The van der Waals surface area contributed by atoms with E-state index in [1.807, 2.05) is 57.7 Å². The van der Waals surface area contributed by atoms with Crippen molar-refractivity contribution < 1.29 is 26.3 Å². The molecule has 0 atom stereocenters. The van der Waals surface area contributed by atoms with Crippen LogP contribution in [-0.2, 0) is 34.0 Å². The molecule has 0 spiro atoms. The second-order valence-corrected chi connectivity index (χ2v) is 21.4. The van der Waals surface area contributed by atoms with E-state index in [-0.39, 0.29) is 50.2 Å². The van der Waals surface area contributed by atoms with E-state index in [2.05, 4.69) is 113 Å². The molecule has 9 heteroatoms. The summed E-state index contributed by atoms with van der Waals surface area (Å²) in [5.41, 5.74) is 3.19. The maximum atomic E-state index is 15.6. The van der Waals surface area contributed by atoms with E-state index in [9.17, 15) is 18.4 Å². The highest BCUT2D eigenvalue weighted by atomic mass is 19.4. The van der Waals surface area contributed by atoms with Crippen LogP contribution >= 0.6 is 0 Å². The van der Waals surface area contributed by atoms with Crippen LogP contribution in [0.3, 0.4) is 0 Å². The number of alkyl halides is 6. The van der Waals surface area contributed by atoms with Crippen molar-refractivity contribution in [3.05, 3.63) is 142 Å². The Bertz CT molecular complexity index is 2910. The number of hydrogen-bond donors (Lipinski definition) is 0. The van der Waals surface area contributed by atoms with Gasteiger partial charge in [0.2, 0.25) is 0 Å². The van der Waals surface area contributed by atoms with Crippen molar-refractivity contribution in [1.29, 1.82) is 5.26 Å². The quantitative estimate of drug-likeness (QED) is 0.163. The summed E-state index contributed by atoms with van der Waals surface area (Å²) in [5, 5.41) is 14.3. The van der Waals surface area contributed by atoms with E-state index in [0.29, 0.717) is 28.1 Å². The largest absolute Gasteiger partial charge is 0.417 e. The molecule has 0 saturated heterocycles. The smallest absolute Gasteiger partial charge is 0.308 e. The first-order chi connectivity index (χ1) is 29.5. The molecule has 2 aromatic heterocycles. The summed E-state index contributed by atoms with van der Waals surface area (Å²) < 4.78 is 93.6. The Labute approximate surface area is 370 Å². The molecule has 330 valence electrons. The third-order valence-corrected chi connectivity index (χ3v) is 12.6. The lowest BCUT2D eigenvalue weighted by atomic mass is 9.85. The van der Waals surface area contributed by atoms with Crippen molar-refractivity contribution >= 4 is 43.6 Å². The average Bonchev–Trinajstić information content (AvgIpc) is 3.69. The second-order valence-electron chi connectivity index (χ2n) is 21.4. The predicted octanol–water partition coefficient (Wildman–Crippen LogP) is 16.6. The first-order valence-electron chi connectivity index (χ1n) is 21.5. The lowest BCUT2D eigenvalue weighted by Gasteiger charge is -2.24. The summed E-state index contributed by atoms with van der Waals surface area (Å²) in [6.45, 7) is 25.3. The zero-order valence-corrected chi connectivity index (χ0v) is 38.4. The molecule has 2 heterocycles. The monoisotopic (exact) mass is 869 g/mol. The van der Waals surface area contributed by atoms with Gasteiger partial charge in [-0.15, -0.1) is 0 Å². The number of hydrogen-bond acceptors (Lipinski definition) is 1. The highest BCUT2D eigenvalue weighted by Gasteiger charge is 2.40. The van der Waals surface area contributed by atoms with Crippen LogP contribution in [-0.4, -0.2) is 9.13 Å². The van der Waals surface area contributed by atoms with E-state index in [1.165, 1.54) is 0 Å². The van der Waals surface area contributed by atoms with Crippen molar-refractivity contribution in [3.8, 4) is 28.6 Å². The Hall–Kier alpha value is -6.01. The number of nitriles is 1. The average molecular weight is 870 g/mol. The van der Waals surface area contributed by atoms with Crippen molar-refractivity contribution in [1.82, 2.24) is 9.13 Å². The van der Waals surface area contributed by atoms with Crippen LogP contribution < -0.4 is 0 Å². The number of halogens is 6. The molecule has 8 rings (SSSR count). The van der Waals surface area contributed by atoms with Crippen LogP contribution in [0.4, 0.5) is 26.3 Å². The standard InChI is InChI=1S/C55H53F6N3/c1-50(2,3)32-14-19-43-38(25-32)39-26-33(51(4,5)6)15-20-44(39)63(43)47-23-31(30-62)24-48(49(47)37-18-13-36(54(56,57)58)29-42(37)55(59,60)61)64-45-21-16-34(52(7,8)9)27-40(45)41-28-35(53(10,11)12)17-22-46(41)64/h13-29H,1-12H3. The number of fused-ring (bicyclic) bond motifs is 6. The minimum absolute atomic E-state index is 0.0252.